The summed E-state index contributed by atoms with van der Waals surface area (Å²) < 4.78 is 0. The third-order valence-corrected chi connectivity index (χ3v) is 0.834. The van der Waals surface area contributed by atoms with Crippen LogP contribution in [0.1, 0.15) is 11.4 Å². The maximum atomic E-state index is 3.89. The molecule has 1 aromatic heterocycles. The molecule has 0 aromatic carbocycles. The van der Waals surface area contributed by atoms with Crippen molar-refractivity contribution < 1.29 is 17.4 Å². The Labute approximate surface area is 59.4 Å². The number of H-pyrrole nitrogens is 1. The van der Waals surface area contributed by atoms with Gasteiger partial charge in [0.1, 0.15) is 0 Å². The molecule has 0 aliphatic heterocycles. The van der Waals surface area contributed by atoms with E-state index < -0.39 is 0 Å². The van der Waals surface area contributed by atoms with Gasteiger partial charge >= 0.3 is 0 Å². The normalized spacial score (nSPS) is 8.25. The van der Waals surface area contributed by atoms with Crippen molar-refractivity contribution in [1.82, 2.24) is 10.2 Å². The summed E-state index contributed by atoms with van der Waals surface area (Å²) in [5, 5.41) is 6.71. The van der Waals surface area contributed by atoms with Gasteiger partial charge in [0, 0.05) is 23.1 Å². The van der Waals surface area contributed by atoms with E-state index in [9.17, 15) is 0 Å². The molecular weight excluding hydrogens is 140 g/mol. The monoisotopic (exact) mass is 148 g/mol. The summed E-state index contributed by atoms with van der Waals surface area (Å²) >= 11 is 0. The predicted octanol–water partition coefficient (Wildman–Crippen LogP) is 1.02. The molecule has 0 saturated carbocycles. The second-order valence-corrected chi connectivity index (χ2v) is 1.69. The number of nitrogens with zero attached hydrogens (tertiary/aromatic N) is 1. The number of hydrogen-bond donors (Lipinski definition) is 1. The van der Waals surface area contributed by atoms with Gasteiger partial charge in [0.2, 0.25) is 0 Å². The van der Waals surface area contributed by atoms with Gasteiger partial charge in [-0.2, -0.15) is 5.10 Å². The quantitative estimate of drug-likeness (QED) is 0.584. The van der Waals surface area contributed by atoms with Gasteiger partial charge in [-0.3, -0.25) is 5.10 Å². The fourth-order valence-corrected chi connectivity index (χ4v) is 0.554. The van der Waals surface area contributed by atoms with E-state index in [0.717, 1.165) is 11.4 Å². The fraction of sp³-hybridized carbons (Fsp3) is 0.400. The van der Waals surface area contributed by atoms with Gasteiger partial charge in [0.15, 0.2) is 0 Å². The largest absolute Gasteiger partial charge is 0.283 e. The van der Waals surface area contributed by atoms with Crippen LogP contribution in [0.2, 0.25) is 0 Å². The van der Waals surface area contributed by atoms with Crippen molar-refractivity contribution in [2.45, 2.75) is 13.8 Å². The summed E-state index contributed by atoms with van der Waals surface area (Å²) in [6, 6.07) is 2.00. The molecule has 0 bridgehead atoms. The molecule has 1 aromatic rings. The molecule has 0 unspecified atom stereocenters. The zero-order valence-electron chi connectivity index (χ0n) is 4.93. The number of aromatic amines is 1. The Hall–Kier alpha value is -0.258. The first kappa shape index (κ1) is 7.74. The summed E-state index contributed by atoms with van der Waals surface area (Å²) in [6.45, 7) is 3.95. The molecule has 0 aliphatic carbocycles. The van der Waals surface area contributed by atoms with Crippen molar-refractivity contribution in [3.63, 3.8) is 0 Å². The molecule has 3 heteroatoms. The summed E-state index contributed by atoms with van der Waals surface area (Å²) in [6.07, 6.45) is 0. The average molecular weight is 148 g/mol. The molecule has 2 nitrogen and oxygen atoms in total. The van der Waals surface area contributed by atoms with Crippen LogP contribution in [-0.2, 0) is 17.4 Å². The summed E-state index contributed by atoms with van der Waals surface area (Å²) in [7, 11) is 0. The van der Waals surface area contributed by atoms with Gasteiger partial charge in [0.25, 0.3) is 0 Å². The smallest absolute Gasteiger partial charge is 0.0593 e. The second-order valence-electron chi connectivity index (χ2n) is 1.69. The Morgan fingerprint density at radius 3 is 2.25 bits per heavy atom. The first-order valence-corrected chi connectivity index (χ1v) is 2.27. The van der Waals surface area contributed by atoms with E-state index in [1.165, 1.54) is 0 Å². The Kier molecular flexibility index (Phi) is 2.82. The van der Waals surface area contributed by atoms with Gasteiger partial charge in [-0.15, -0.1) is 0 Å². The Bertz CT molecular complexity index is 143. The molecule has 8 heavy (non-hydrogen) atoms. The SMILES string of the molecule is Cc1cc(C)[nH]n1.[Cr]. The van der Waals surface area contributed by atoms with Crippen molar-refractivity contribution in [1.29, 1.82) is 0 Å². The average Bonchev–Trinajstić information content (AvgIpc) is 1.87. The molecule has 44 valence electrons. The van der Waals surface area contributed by atoms with E-state index in [1.54, 1.807) is 0 Å². The van der Waals surface area contributed by atoms with E-state index in [0.29, 0.717) is 0 Å². The van der Waals surface area contributed by atoms with Crippen LogP contribution in [-0.4, -0.2) is 10.2 Å². The molecular formula is C5H8CrN2. The van der Waals surface area contributed by atoms with Crippen molar-refractivity contribution in [2.24, 2.45) is 0 Å². The van der Waals surface area contributed by atoms with Gasteiger partial charge < -0.3 is 0 Å². The van der Waals surface area contributed by atoms with Gasteiger partial charge in [-0.05, 0) is 19.9 Å². The first-order valence-electron chi connectivity index (χ1n) is 2.27. The number of hydrogen-bond acceptors (Lipinski definition) is 1. The minimum Gasteiger partial charge on any atom is -0.283 e. The fourth-order valence-electron chi connectivity index (χ4n) is 0.554. The third-order valence-electron chi connectivity index (χ3n) is 0.834. The molecule has 0 amide bonds. The van der Waals surface area contributed by atoms with Crippen molar-refractivity contribution >= 4 is 0 Å². The van der Waals surface area contributed by atoms with E-state index in [4.69, 9.17) is 0 Å². The Morgan fingerprint density at radius 2 is 2.12 bits per heavy atom. The molecule has 1 N–H and O–H groups in total. The van der Waals surface area contributed by atoms with Crippen molar-refractivity contribution in [3.05, 3.63) is 17.5 Å². The van der Waals surface area contributed by atoms with Gasteiger partial charge in [0.05, 0.1) is 5.69 Å². The molecule has 1 heterocycles. The molecule has 0 radical (unpaired) electrons. The number of aromatic nitrogens is 2. The minimum absolute atomic E-state index is 0. The Balaban J connectivity index is 0.000000490. The molecule has 1 rings (SSSR count). The van der Waals surface area contributed by atoms with Gasteiger partial charge in [-0.1, -0.05) is 0 Å². The van der Waals surface area contributed by atoms with E-state index >= 15 is 0 Å². The summed E-state index contributed by atoms with van der Waals surface area (Å²) in [5.41, 5.74) is 2.18. The van der Waals surface area contributed by atoms with Crippen LogP contribution in [0.15, 0.2) is 6.07 Å². The topological polar surface area (TPSA) is 28.7 Å². The zero-order valence-corrected chi connectivity index (χ0v) is 6.21. The standard InChI is InChI=1S/C5H8N2.Cr/c1-4-3-5(2)7-6-4;/h3H,1-2H3,(H,6,7);. The molecule has 0 saturated heterocycles. The summed E-state index contributed by atoms with van der Waals surface area (Å²) in [4.78, 5) is 0. The van der Waals surface area contributed by atoms with Crippen LogP contribution in [0.3, 0.4) is 0 Å². The maximum Gasteiger partial charge on any atom is 0.0593 e. The van der Waals surface area contributed by atoms with Crippen LogP contribution in [0, 0.1) is 13.8 Å². The van der Waals surface area contributed by atoms with E-state index in [1.807, 2.05) is 19.9 Å². The van der Waals surface area contributed by atoms with Crippen molar-refractivity contribution in [2.75, 3.05) is 0 Å². The maximum absolute atomic E-state index is 3.89. The molecule has 0 atom stereocenters. The Morgan fingerprint density at radius 1 is 1.50 bits per heavy atom. The summed E-state index contributed by atoms with van der Waals surface area (Å²) in [5.74, 6) is 0. The zero-order chi connectivity index (χ0) is 5.28. The van der Waals surface area contributed by atoms with Crippen LogP contribution in [0.5, 0.6) is 0 Å². The van der Waals surface area contributed by atoms with Crippen LogP contribution < -0.4 is 0 Å². The van der Waals surface area contributed by atoms with Crippen LogP contribution >= 0.6 is 0 Å². The van der Waals surface area contributed by atoms with Crippen molar-refractivity contribution in [3.8, 4) is 0 Å². The number of rotatable bonds is 0. The van der Waals surface area contributed by atoms with E-state index in [-0.39, 0.29) is 17.4 Å². The first-order chi connectivity index (χ1) is 3.29. The van der Waals surface area contributed by atoms with Crippen LogP contribution in [0.25, 0.3) is 0 Å². The minimum atomic E-state index is 0. The predicted molar refractivity (Wildman–Crippen MR) is 28.1 cm³/mol. The molecule has 0 fully saturated rings. The number of aryl methyl sites for hydroxylation is 2. The number of nitrogens with one attached hydrogen (secondary N) is 1. The van der Waals surface area contributed by atoms with Crippen LogP contribution in [0.4, 0.5) is 0 Å². The second kappa shape index (κ2) is 2.91. The molecule has 0 aliphatic rings. The van der Waals surface area contributed by atoms with E-state index in [2.05, 4.69) is 10.2 Å². The molecule has 0 spiro atoms. The van der Waals surface area contributed by atoms with Gasteiger partial charge in [-0.25, -0.2) is 0 Å². The third kappa shape index (κ3) is 1.69.